The molecule has 0 fully saturated rings. The Kier molecular flexibility index (Phi) is 12.8. The maximum absolute atomic E-state index is 3.83. The van der Waals surface area contributed by atoms with Crippen LogP contribution in [0.5, 0.6) is 0 Å². The van der Waals surface area contributed by atoms with Crippen LogP contribution in [0.15, 0.2) is 60.0 Å². The van der Waals surface area contributed by atoms with Crippen LogP contribution in [-0.2, 0) is 0 Å². The van der Waals surface area contributed by atoms with Crippen LogP contribution in [0.2, 0.25) is 0 Å². The van der Waals surface area contributed by atoms with Crippen molar-refractivity contribution >= 4 is 11.8 Å². The molecule has 0 aliphatic carbocycles. The zero-order chi connectivity index (χ0) is 16.6. The van der Waals surface area contributed by atoms with Crippen molar-refractivity contribution in [2.75, 3.05) is 0 Å². The van der Waals surface area contributed by atoms with E-state index in [4.69, 9.17) is 0 Å². The van der Waals surface area contributed by atoms with E-state index in [1.165, 1.54) is 62.7 Å². The van der Waals surface area contributed by atoms with Crippen molar-refractivity contribution in [3.63, 3.8) is 0 Å². The van der Waals surface area contributed by atoms with Gasteiger partial charge in [-0.05, 0) is 44.2 Å². The molecule has 0 saturated heterocycles. The van der Waals surface area contributed by atoms with Gasteiger partial charge in [0, 0.05) is 10.1 Å². The van der Waals surface area contributed by atoms with Gasteiger partial charge in [0.15, 0.2) is 0 Å². The van der Waals surface area contributed by atoms with E-state index in [9.17, 15) is 0 Å². The van der Waals surface area contributed by atoms with E-state index in [-0.39, 0.29) is 0 Å². The quantitative estimate of drug-likeness (QED) is 0.190. The fourth-order valence-electron chi connectivity index (χ4n) is 2.62. The monoisotopic (exact) mass is 330 g/mol. The van der Waals surface area contributed by atoms with Crippen LogP contribution in [-0.4, -0.2) is 5.25 Å². The first kappa shape index (κ1) is 20.1. The summed E-state index contributed by atoms with van der Waals surface area (Å²) in [6, 6.07) is 10.8. The number of unbranched alkanes of at least 4 members (excludes halogenated alkanes) is 7. The second kappa shape index (κ2) is 14.6. The van der Waals surface area contributed by atoms with Crippen molar-refractivity contribution in [1.82, 2.24) is 0 Å². The normalized spacial score (nSPS) is 12.6. The molecule has 0 nitrogen and oxygen atoms in total. The molecule has 0 saturated carbocycles. The van der Waals surface area contributed by atoms with Crippen LogP contribution < -0.4 is 0 Å². The van der Waals surface area contributed by atoms with Crippen LogP contribution in [0.25, 0.3) is 0 Å². The highest BCUT2D eigenvalue weighted by molar-refractivity contribution is 8.00. The van der Waals surface area contributed by atoms with Gasteiger partial charge >= 0.3 is 0 Å². The topological polar surface area (TPSA) is 0 Å². The molecule has 1 heteroatoms. The van der Waals surface area contributed by atoms with Crippen molar-refractivity contribution < 1.29 is 0 Å². The van der Waals surface area contributed by atoms with Gasteiger partial charge in [-0.2, -0.15) is 0 Å². The Morgan fingerprint density at radius 3 is 2.43 bits per heavy atom. The molecule has 0 bridgehead atoms. The van der Waals surface area contributed by atoms with E-state index in [2.05, 4.69) is 56.0 Å². The van der Waals surface area contributed by atoms with Gasteiger partial charge in [0.05, 0.1) is 0 Å². The highest BCUT2D eigenvalue weighted by Crippen LogP contribution is 2.27. The van der Waals surface area contributed by atoms with Crippen LogP contribution in [0, 0.1) is 0 Å². The number of benzene rings is 1. The molecular formula is C22H34S. The standard InChI is InChI=1S/C22H34S/c1-3-5-7-8-9-10-11-14-18-21(17-13-6-4-2)23-22-19-15-12-16-20-22/h4,12,14-16,18-21H,2-3,5-11,13,17H2,1H3/b18-14+. The average molecular weight is 331 g/mol. The van der Waals surface area contributed by atoms with E-state index < -0.39 is 0 Å². The lowest BCUT2D eigenvalue weighted by Gasteiger charge is -2.12. The summed E-state index contributed by atoms with van der Waals surface area (Å²) in [4.78, 5) is 1.38. The third-order valence-corrected chi connectivity index (χ3v) is 5.24. The molecule has 1 unspecified atom stereocenters. The van der Waals surface area contributed by atoms with Crippen LogP contribution in [0.1, 0.15) is 71.1 Å². The molecule has 0 spiro atoms. The zero-order valence-electron chi connectivity index (χ0n) is 14.9. The Balaban J connectivity index is 2.30. The lowest BCUT2D eigenvalue weighted by atomic mass is 10.1. The van der Waals surface area contributed by atoms with Gasteiger partial charge < -0.3 is 0 Å². The molecule has 1 rings (SSSR count). The van der Waals surface area contributed by atoms with E-state index in [1.807, 2.05) is 17.8 Å². The molecule has 1 aromatic carbocycles. The molecule has 0 aromatic heterocycles. The highest BCUT2D eigenvalue weighted by Gasteiger charge is 2.06. The Morgan fingerprint density at radius 1 is 0.957 bits per heavy atom. The van der Waals surface area contributed by atoms with Crippen LogP contribution in [0.3, 0.4) is 0 Å². The first-order valence-electron chi connectivity index (χ1n) is 9.36. The van der Waals surface area contributed by atoms with E-state index in [1.54, 1.807) is 0 Å². The van der Waals surface area contributed by atoms with Gasteiger partial charge in [0.25, 0.3) is 0 Å². The number of thioether (sulfide) groups is 1. The minimum Gasteiger partial charge on any atom is -0.119 e. The summed E-state index contributed by atoms with van der Waals surface area (Å²) in [5, 5.41) is 0.595. The summed E-state index contributed by atoms with van der Waals surface area (Å²) in [7, 11) is 0. The van der Waals surface area contributed by atoms with Gasteiger partial charge in [0.2, 0.25) is 0 Å². The Hall–Kier alpha value is -0.950. The molecule has 1 aromatic rings. The van der Waals surface area contributed by atoms with Crippen molar-refractivity contribution in [1.29, 1.82) is 0 Å². The molecule has 1 atom stereocenters. The van der Waals surface area contributed by atoms with Gasteiger partial charge in [-0.15, -0.1) is 18.3 Å². The predicted octanol–water partition coefficient (Wildman–Crippen LogP) is 7.81. The third kappa shape index (κ3) is 11.3. The van der Waals surface area contributed by atoms with Crippen molar-refractivity contribution in [3.8, 4) is 0 Å². The predicted molar refractivity (Wildman–Crippen MR) is 107 cm³/mol. The number of hydrogen-bond acceptors (Lipinski definition) is 1. The Bertz CT molecular complexity index is 407. The smallest absolute Gasteiger partial charge is 0.0274 e. The lowest BCUT2D eigenvalue weighted by Crippen LogP contribution is -1.98. The Morgan fingerprint density at radius 2 is 1.70 bits per heavy atom. The summed E-state index contributed by atoms with van der Waals surface area (Å²) in [5.41, 5.74) is 0. The highest BCUT2D eigenvalue weighted by atomic mass is 32.2. The second-order valence-corrected chi connectivity index (χ2v) is 7.49. The van der Waals surface area contributed by atoms with Gasteiger partial charge in [-0.25, -0.2) is 0 Å². The summed E-state index contributed by atoms with van der Waals surface area (Å²) in [6.45, 7) is 6.11. The molecule has 0 aliphatic rings. The lowest BCUT2D eigenvalue weighted by molar-refractivity contribution is 0.611. The van der Waals surface area contributed by atoms with Crippen molar-refractivity contribution in [2.45, 2.75) is 81.3 Å². The first-order valence-corrected chi connectivity index (χ1v) is 10.2. The largest absolute Gasteiger partial charge is 0.119 e. The fourth-order valence-corrected chi connectivity index (χ4v) is 3.76. The molecule has 128 valence electrons. The van der Waals surface area contributed by atoms with Crippen LogP contribution in [0.4, 0.5) is 0 Å². The maximum Gasteiger partial charge on any atom is 0.0274 e. The summed E-state index contributed by atoms with van der Waals surface area (Å²) < 4.78 is 0. The van der Waals surface area contributed by atoms with Crippen LogP contribution >= 0.6 is 11.8 Å². The van der Waals surface area contributed by atoms with Gasteiger partial charge in [-0.1, -0.05) is 75.5 Å². The minimum absolute atomic E-state index is 0.595. The van der Waals surface area contributed by atoms with Crippen molar-refractivity contribution in [2.24, 2.45) is 0 Å². The molecule has 0 radical (unpaired) electrons. The summed E-state index contributed by atoms with van der Waals surface area (Å²) >= 11 is 1.99. The number of rotatable bonds is 14. The van der Waals surface area contributed by atoms with E-state index >= 15 is 0 Å². The molecule has 0 aliphatic heterocycles. The van der Waals surface area contributed by atoms with Gasteiger partial charge in [0.1, 0.15) is 0 Å². The molecule has 0 N–H and O–H groups in total. The average Bonchev–Trinajstić information content (AvgIpc) is 2.58. The first-order chi connectivity index (χ1) is 11.4. The fraction of sp³-hybridized carbons (Fsp3) is 0.545. The van der Waals surface area contributed by atoms with Gasteiger partial charge in [-0.3, -0.25) is 0 Å². The maximum atomic E-state index is 3.83. The molecule has 23 heavy (non-hydrogen) atoms. The molecule has 0 heterocycles. The van der Waals surface area contributed by atoms with Crippen molar-refractivity contribution in [3.05, 3.63) is 55.1 Å². The minimum atomic E-state index is 0.595. The molecule has 0 amide bonds. The third-order valence-electron chi connectivity index (χ3n) is 4.00. The molecular weight excluding hydrogens is 296 g/mol. The SMILES string of the molecule is C=CCCCC(/C=C/CCCCCCCC)Sc1ccccc1. The Labute approximate surface area is 148 Å². The summed E-state index contributed by atoms with van der Waals surface area (Å²) in [6.07, 6.45) is 20.0. The summed E-state index contributed by atoms with van der Waals surface area (Å²) in [5.74, 6) is 0. The zero-order valence-corrected chi connectivity index (χ0v) is 15.7. The van der Waals surface area contributed by atoms with E-state index in [0.29, 0.717) is 5.25 Å². The second-order valence-electron chi connectivity index (χ2n) is 6.17. The number of allylic oxidation sites excluding steroid dienone is 2. The van der Waals surface area contributed by atoms with E-state index in [0.717, 1.165) is 6.42 Å². The number of hydrogen-bond donors (Lipinski definition) is 0.